The molecule has 2 atom stereocenters. The third-order valence-corrected chi connectivity index (χ3v) is 2.01. The Balaban J connectivity index is 2.51. The number of nitrogens with zero attached hydrogens (tertiary/aromatic N) is 1. The summed E-state index contributed by atoms with van der Waals surface area (Å²) in [5.41, 5.74) is 0. The summed E-state index contributed by atoms with van der Waals surface area (Å²) in [5.74, 6) is 0. The van der Waals surface area contributed by atoms with Crippen LogP contribution in [0.25, 0.3) is 0 Å². The second kappa shape index (κ2) is 3.17. The summed E-state index contributed by atoms with van der Waals surface area (Å²) in [4.78, 5) is 2.07. The molecule has 0 aliphatic carbocycles. The van der Waals surface area contributed by atoms with Gasteiger partial charge in [-0.05, 0) is 20.3 Å². The molecule has 0 saturated heterocycles. The Bertz CT molecular complexity index is 131. The second-order valence-corrected chi connectivity index (χ2v) is 2.88. The van der Waals surface area contributed by atoms with E-state index in [2.05, 4.69) is 24.0 Å². The first-order valence-corrected chi connectivity index (χ1v) is 3.80. The third kappa shape index (κ3) is 1.58. The molecule has 0 aromatic heterocycles. The summed E-state index contributed by atoms with van der Waals surface area (Å²) in [7, 11) is 0. The van der Waals surface area contributed by atoms with Gasteiger partial charge >= 0.3 is 0 Å². The first-order chi connectivity index (χ1) is 4.72. The van der Waals surface area contributed by atoms with Crippen LogP contribution in [0.3, 0.4) is 0 Å². The topological polar surface area (TPSA) is 23.5 Å². The first-order valence-electron chi connectivity index (χ1n) is 3.80. The van der Waals surface area contributed by atoms with Gasteiger partial charge in [0, 0.05) is 12.6 Å². The van der Waals surface area contributed by atoms with Crippen LogP contribution < -0.4 is 0 Å². The molecule has 0 aromatic rings. The largest absolute Gasteiger partial charge is 0.379 e. The molecule has 10 heavy (non-hydrogen) atoms. The number of hydrogen-bond acceptors (Lipinski definition) is 2. The molecule has 0 spiro atoms. The minimum Gasteiger partial charge on any atom is -0.379 e. The van der Waals surface area contributed by atoms with Gasteiger partial charge in [0.25, 0.3) is 0 Å². The van der Waals surface area contributed by atoms with Gasteiger partial charge < -0.3 is 5.11 Å². The van der Waals surface area contributed by atoms with Crippen molar-refractivity contribution >= 4 is 0 Å². The molecular weight excluding hydrogens is 126 g/mol. The Hall–Kier alpha value is -0.340. The monoisotopic (exact) mass is 141 g/mol. The van der Waals surface area contributed by atoms with E-state index in [1.807, 2.05) is 6.92 Å². The van der Waals surface area contributed by atoms with Crippen LogP contribution in [0.4, 0.5) is 0 Å². The molecule has 58 valence electrons. The molecule has 0 aromatic carbocycles. The zero-order chi connectivity index (χ0) is 7.56. The highest BCUT2D eigenvalue weighted by Crippen LogP contribution is 2.12. The van der Waals surface area contributed by atoms with E-state index in [9.17, 15) is 5.11 Å². The lowest BCUT2D eigenvalue weighted by Crippen LogP contribution is -2.41. The number of aliphatic hydroxyl groups excluding tert-OH is 1. The van der Waals surface area contributed by atoms with Gasteiger partial charge in [0.1, 0.15) is 6.23 Å². The molecule has 0 radical (unpaired) electrons. The lowest BCUT2D eigenvalue weighted by atomic mass is 10.1. The Morgan fingerprint density at radius 1 is 1.60 bits per heavy atom. The van der Waals surface area contributed by atoms with Crippen molar-refractivity contribution in [1.82, 2.24) is 4.90 Å². The van der Waals surface area contributed by atoms with Crippen molar-refractivity contribution in [2.24, 2.45) is 0 Å². The molecule has 2 nitrogen and oxygen atoms in total. The van der Waals surface area contributed by atoms with Gasteiger partial charge in [-0.2, -0.15) is 0 Å². The Morgan fingerprint density at radius 3 is 2.70 bits per heavy atom. The van der Waals surface area contributed by atoms with Crippen LogP contribution >= 0.6 is 0 Å². The van der Waals surface area contributed by atoms with Gasteiger partial charge in [-0.25, -0.2) is 0 Å². The SMILES string of the molecule is CC(O)N1CC=CCC1C. The lowest BCUT2D eigenvalue weighted by Gasteiger charge is -2.32. The predicted molar refractivity (Wildman–Crippen MR) is 41.6 cm³/mol. The van der Waals surface area contributed by atoms with Gasteiger partial charge in [0.05, 0.1) is 0 Å². The second-order valence-electron chi connectivity index (χ2n) is 2.88. The summed E-state index contributed by atoms with van der Waals surface area (Å²) < 4.78 is 0. The standard InChI is InChI=1S/C8H15NO/c1-7-5-3-4-6-9(7)8(2)10/h3-4,7-8,10H,5-6H2,1-2H3. The summed E-state index contributed by atoms with van der Waals surface area (Å²) in [5, 5.41) is 9.24. The van der Waals surface area contributed by atoms with Crippen molar-refractivity contribution in [1.29, 1.82) is 0 Å². The molecule has 0 bridgehead atoms. The summed E-state index contributed by atoms with van der Waals surface area (Å²) in [6.07, 6.45) is 5.03. The smallest absolute Gasteiger partial charge is 0.105 e. The molecule has 0 amide bonds. The highest BCUT2D eigenvalue weighted by atomic mass is 16.3. The maximum absolute atomic E-state index is 9.24. The van der Waals surface area contributed by atoms with E-state index in [4.69, 9.17) is 0 Å². The lowest BCUT2D eigenvalue weighted by molar-refractivity contribution is -0.000810. The van der Waals surface area contributed by atoms with Crippen LogP contribution in [0, 0.1) is 0 Å². The van der Waals surface area contributed by atoms with Gasteiger partial charge in [-0.1, -0.05) is 12.2 Å². The molecule has 2 heteroatoms. The zero-order valence-electron chi connectivity index (χ0n) is 6.62. The molecule has 1 aliphatic heterocycles. The quantitative estimate of drug-likeness (QED) is 0.550. The summed E-state index contributed by atoms with van der Waals surface area (Å²) >= 11 is 0. The summed E-state index contributed by atoms with van der Waals surface area (Å²) in [6.45, 7) is 4.84. The van der Waals surface area contributed by atoms with Crippen molar-refractivity contribution in [3.05, 3.63) is 12.2 Å². The van der Waals surface area contributed by atoms with Gasteiger partial charge in [-0.3, -0.25) is 4.90 Å². The Kier molecular flexibility index (Phi) is 2.46. The highest BCUT2D eigenvalue weighted by molar-refractivity contribution is 4.94. The van der Waals surface area contributed by atoms with Crippen molar-refractivity contribution in [3.8, 4) is 0 Å². The minimum atomic E-state index is -0.306. The van der Waals surface area contributed by atoms with Crippen molar-refractivity contribution in [2.75, 3.05) is 6.54 Å². The fourth-order valence-electron chi connectivity index (χ4n) is 1.33. The van der Waals surface area contributed by atoms with E-state index < -0.39 is 0 Å². The average molecular weight is 141 g/mol. The number of rotatable bonds is 1. The van der Waals surface area contributed by atoms with Crippen molar-refractivity contribution in [2.45, 2.75) is 32.5 Å². The highest BCUT2D eigenvalue weighted by Gasteiger charge is 2.17. The van der Waals surface area contributed by atoms with E-state index in [1.165, 1.54) is 0 Å². The van der Waals surface area contributed by atoms with Crippen LogP contribution in [0.5, 0.6) is 0 Å². The van der Waals surface area contributed by atoms with Gasteiger partial charge in [-0.15, -0.1) is 0 Å². The van der Waals surface area contributed by atoms with E-state index >= 15 is 0 Å². The molecule has 1 heterocycles. The number of aliphatic hydroxyl groups is 1. The molecule has 1 rings (SSSR count). The summed E-state index contributed by atoms with van der Waals surface area (Å²) in [6, 6.07) is 0.491. The van der Waals surface area contributed by atoms with E-state index in [0.29, 0.717) is 6.04 Å². The fourth-order valence-corrected chi connectivity index (χ4v) is 1.33. The maximum atomic E-state index is 9.24. The van der Waals surface area contributed by atoms with E-state index in [0.717, 1.165) is 13.0 Å². The van der Waals surface area contributed by atoms with E-state index in [-0.39, 0.29) is 6.23 Å². The van der Waals surface area contributed by atoms with Crippen LogP contribution in [0.2, 0.25) is 0 Å². The van der Waals surface area contributed by atoms with Crippen LogP contribution in [-0.4, -0.2) is 28.8 Å². The van der Waals surface area contributed by atoms with Gasteiger partial charge in [0.15, 0.2) is 0 Å². The number of hydrogen-bond donors (Lipinski definition) is 1. The van der Waals surface area contributed by atoms with Gasteiger partial charge in [0.2, 0.25) is 0 Å². The molecular formula is C8H15NO. The predicted octanol–water partition coefficient (Wildman–Crippen LogP) is 0.975. The molecule has 1 N–H and O–H groups in total. The fraction of sp³-hybridized carbons (Fsp3) is 0.750. The Morgan fingerprint density at radius 2 is 2.30 bits per heavy atom. The molecule has 0 saturated carbocycles. The third-order valence-electron chi connectivity index (χ3n) is 2.01. The van der Waals surface area contributed by atoms with Crippen molar-refractivity contribution in [3.63, 3.8) is 0 Å². The zero-order valence-corrected chi connectivity index (χ0v) is 6.62. The average Bonchev–Trinajstić information content (AvgIpc) is 1.88. The van der Waals surface area contributed by atoms with Crippen LogP contribution in [-0.2, 0) is 0 Å². The molecule has 0 fully saturated rings. The minimum absolute atomic E-state index is 0.306. The van der Waals surface area contributed by atoms with Crippen LogP contribution in [0.15, 0.2) is 12.2 Å². The normalized spacial score (nSPS) is 30.5. The van der Waals surface area contributed by atoms with Crippen LogP contribution in [0.1, 0.15) is 20.3 Å². The molecule has 1 aliphatic rings. The maximum Gasteiger partial charge on any atom is 0.105 e. The Labute approximate surface area is 62.2 Å². The molecule has 2 unspecified atom stereocenters. The van der Waals surface area contributed by atoms with Crippen molar-refractivity contribution < 1.29 is 5.11 Å². The van der Waals surface area contributed by atoms with E-state index in [1.54, 1.807) is 0 Å². The first kappa shape index (κ1) is 7.76.